The fourth-order valence-electron chi connectivity index (χ4n) is 6.32. The van der Waals surface area contributed by atoms with Crippen molar-refractivity contribution in [2.75, 3.05) is 0 Å². The molecule has 6 rings (SSSR count). The molecule has 3 aliphatic rings. The summed E-state index contributed by atoms with van der Waals surface area (Å²) in [4.78, 5) is 0. The van der Waals surface area contributed by atoms with Crippen molar-refractivity contribution in [3.63, 3.8) is 0 Å². The Morgan fingerprint density at radius 3 is 2.42 bits per heavy atom. The topological polar surface area (TPSA) is 0 Å². The van der Waals surface area contributed by atoms with Gasteiger partial charge in [-0.15, -0.1) is 0 Å². The largest absolute Gasteiger partial charge is 0.0661 e. The van der Waals surface area contributed by atoms with Gasteiger partial charge < -0.3 is 0 Å². The normalized spacial score (nSPS) is 21.6. The SMILES string of the molecule is Cc1cc2c3c4c(cccc14)C(C)(C)C1=C3C(CC(C#Cc3ccccc3)=C1)C2(C)C. The summed E-state index contributed by atoms with van der Waals surface area (Å²) in [6, 6.07) is 19.7. The van der Waals surface area contributed by atoms with Crippen LogP contribution in [0.1, 0.15) is 61.9 Å². The van der Waals surface area contributed by atoms with E-state index in [1.54, 1.807) is 5.57 Å². The van der Waals surface area contributed by atoms with Crippen molar-refractivity contribution in [1.82, 2.24) is 0 Å². The number of benzene rings is 3. The van der Waals surface area contributed by atoms with Gasteiger partial charge in [0.25, 0.3) is 0 Å². The summed E-state index contributed by atoms with van der Waals surface area (Å²) < 4.78 is 0. The van der Waals surface area contributed by atoms with Crippen LogP contribution in [0.4, 0.5) is 0 Å². The van der Waals surface area contributed by atoms with Gasteiger partial charge in [-0.05, 0) is 87.1 Å². The molecule has 3 aromatic rings. The van der Waals surface area contributed by atoms with Crippen LogP contribution in [0, 0.1) is 24.7 Å². The Bertz CT molecular complexity index is 1400. The number of hydrogen-bond donors (Lipinski definition) is 0. The molecule has 0 aromatic heterocycles. The predicted molar refractivity (Wildman–Crippen MR) is 131 cm³/mol. The standard InChI is InChI=1S/C31H28/c1-19-16-24-29-27-22(19)12-9-13-23(27)30(2,3)25-17-21(15-14-20-10-7-6-8-11-20)18-26(28(25)29)31(24,4)5/h6-13,16-17,26H,18H2,1-5H3. The van der Waals surface area contributed by atoms with E-state index in [1.165, 1.54) is 44.2 Å². The van der Waals surface area contributed by atoms with Crippen LogP contribution in [-0.2, 0) is 10.8 Å². The molecule has 0 nitrogen and oxygen atoms in total. The van der Waals surface area contributed by atoms with E-state index < -0.39 is 0 Å². The van der Waals surface area contributed by atoms with Crippen molar-refractivity contribution in [3.05, 3.63) is 99.6 Å². The summed E-state index contributed by atoms with van der Waals surface area (Å²) in [5.74, 6) is 7.46. The summed E-state index contributed by atoms with van der Waals surface area (Å²) >= 11 is 0. The lowest BCUT2D eigenvalue weighted by Crippen LogP contribution is -2.30. The quantitative estimate of drug-likeness (QED) is 0.343. The number of aryl methyl sites for hydroxylation is 1. The molecule has 0 heterocycles. The summed E-state index contributed by atoms with van der Waals surface area (Å²) in [6.07, 6.45) is 3.45. The van der Waals surface area contributed by atoms with E-state index in [0.717, 1.165) is 12.0 Å². The average molecular weight is 401 g/mol. The summed E-state index contributed by atoms with van der Waals surface area (Å²) in [7, 11) is 0. The van der Waals surface area contributed by atoms with Gasteiger partial charge in [0.2, 0.25) is 0 Å². The third kappa shape index (κ3) is 2.38. The average Bonchev–Trinajstić information content (AvgIpc) is 2.98. The van der Waals surface area contributed by atoms with Gasteiger partial charge in [0.05, 0.1) is 0 Å². The van der Waals surface area contributed by atoms with E-state index in [1.807, 2.05) is 6.07 Å². The van der Waals surface area contributed by atoms with Gasteiger partial charge in [-0.3, -0.25) is 0 Å². The van der Waals surface area contributed by atoms with Gasteiger partial charge in [-0.2, -0.15) is 0 Å². The minimum atomic E-state index is -0.0221. The molecule has 0 bridgehead atoms. The molecule has 0 N–H and O–H groups in total. The minimum Gasteiger partial charge on any atom is -0.0661 e. The Morgan fingerprint density at radius 1 is 0.871 bits per heavy atom. The number of rotatable bonds is 0. The van der Waals surface area contributed by atoms with Crippen LogP contribution in [0.25, 0.3) is 16.3 Å². The molecular weight excluding hydrogens is 372 g/mol. The van der Waals surface area contributed by atoms with E-state index in [4.69, 9.17) is 0 Å². The Hall–Kier alpha value is -3.04. The van der Waals surface area contributed by atoms with Gasteiger partial charge >= 0.3 is 0 Å². The molecule has 0 radical (unpaired) electrons. The van der Waals surface area contributed by atoms with E-state index in [0.29, 0.717) is 5.92 Å². The van der Waals surface area contributed by atoms with Crippen LogP contribution in [0.2, 0.25) is 0 Å². The van der Waals surface area contributed by atoms with Crippen molar-refractivity contribution in [1.29, 1.82) is 0 Å². The molecule has 3 aliphatic carbocycles. The molecule has 0 fully saturated rings. The Kier molecular flexibility index (Phi) is 3.63. The molecule has 3 aromatic carbocycles. The first-order valence-electron chi connectivity index (χ1n) is 11.4. The molecule has 1 unspecified atom stereocenters. The minimum absolute atomic E-state index is 0.0221. The fraction of sp³-hybridized carbons (Fsp3) is 0.290. The molecule has 0 heteroatoms. The highest BCUT2D eigenvalue weighted by Crippen LogP contribution is 2.62. The van der Waals surface area contributed by atoms with Gasteiger partial charge in [-0.1, -0.05) is 82.0 Å². The number of allylic oxidation sites excluding steroid dienone is 4. The molecule has 31 heavy (non-hydrogen) atoms. The lowest BCUT2D eigenvalue weighted by Gasteiger charge is -2.40. The molecule has 1 atom stereocenters. The van der Waals surface area contributed by atoms with E-state index >= 15 is 0 Å². The second-order valence-electron chi connectivity index (χ2n) is 10.6. The van der Waals surface area contributed by atoms with Crippen LogP contribution in [0.15, 0.2) is 71.8 Å². The number of hydrogen-bond acceptors (Lipinski definition) is 0. The molecule has 0 spiro atoms. The first-order valence-corrected chi connectivity index (χ1v) is 11.4. The lowest BCUT2D eigenvalue weighted by atomic mass is 9.63. The fourth-order valence-corrected chi connectivity index (χ4v) is 6.32. The first kappa shape index (κ1) is 18.7. The monoisotopic (exact) mass is 400 g/mol. The molecule has 0 saturated heterocycles. The summed E-state index contributed by atoms with van der Waals surface area (Å²) in [6.45, 7) is 12.0. The molecular formula is C31H28. The highest BCUT2D eigenvalue weighted by atomic mass is 14.5. The maximum absolute atomic E-state index is 3.55. The maximum atomic E-state index is 3.55. The van der Waals surface area contributed by atoms with Crippen molar-refractivity contribution < 1.29 is 0 Å². The Balaban J connectivity index is 1.65. The van der Waals surface area contributed by atoms with Gasteiger partial charge in [0, 0.05) is 16.6 Å². The summed E-state index contributed by atoms with van der Waals surface area (Å²) in [5.41, 5.74) is 11.5. The molecule has 0 aliphatic heterocycles. The van der Waals surface area contributed by atoms with Crippen LogP contribution in [0.5, 0.6) is 0 Å². The predicted octanol–water partition coefficient (Wildman–Crippen LogP) is 7.48. The smallest absolute Gasteiger partial charge is 0.0248 e. The van der Waals surface area contributed by atoms with Crippen LogP contribution in [-0.4, -0.2) is 0 Å². The van der Waals surface area contributed by atoms with E-state index in [2.05, 4.69) is 101 Å². The van der Waals surface area contributed by atoms with Crippen LogP contribution < -0.4 is 0 Å². The highest BCUT2D eigenvalue weighted by Gasteiger charge is 2.50. The zero-order valence-corrected chi connectivity index (χ0v) is 19.1. The third-order valence-electron chi connectivity index (χ3n) is 8.07. The molecule has 152 valence electrons. The van der Waals surface area contributed by atoms with Crippen molar-refractivity contribution in [3.8, 4) is 11.8 Å². The second-order valence-corrected chi connectivity index (χ2v) is 10.6. The Morgan fingerprint density at radius 2 is 1.65 bits per heavy atom. The third-order valence-corrected chi connectivity index (χ3v) is 8.07. The molecule has 0 amide bonds. The Labute approximate surface area is 185 Å². The van der Waals surface area contributed by atoms with Gasteiger partial charge in [0.1, 0.15) is 0 Å². The lowest BCUT2D eigenvalue weighted by molar-refractivity contribution is 0.406. The highest BCUT2D eigenvalue weighted by molar-refractivity contribution is 6.06. The first-order chi connectivity index (χ1) is 14.8. The van der Waals surface area contributed by atoms with Crippen molar-refractivity contribution >= 4 is 16.3 Å². The van der Waals surface area contributed by atoms with Gasteiger partial charge in [0.15, 0.2) is 0 Å². The van der Waals surface area contributed by atoms with E-state index in [9.17, 15) is 0 Å². The zero-order chi connectivity index (χ0) is 21.5. The van der Waals surface area contributed by atoms with Crippen LogP contribution >= 0.6 is 0 Å². The molecule has 0 saturated carbocycles. The van der Waals surface area contributed by atoms with E-state index in [-0.39, 0.29) is 10.8 Å². The summed E-state index contributed by atoms with van der Waals surface area (Å²) in [5, 5.41) is 2.93. The van der Waals surface area contributed by atoms with Crippen LogP contribution in [0.3, 0.4) is 0 Å². The van der Waals surface area contributed by atoms with Crippen molar-refractivity contribution in [2.45, 2.75) is 51.9 Å². The van der Waals surface area contributed by atoms with Gasteiger partial charge in [-0.25, -0.2) is 0 Å². The van der Waals surface area contributed by atoms with Crippen molar-refractivity contribution in [2.24, 2.45) is 5.92 Å². The second kappa shape index (κ2) is 6.02. The maximum Gasteiger partial charge on any atom is 0.0248 e. The zero-order valence-electron chi connectivity index (χ0n) is 19.1.